The number of aromatic nitrogens is 2. The van der Waals surface area contributed by atoms with Crippen molar-refractivity contribution >= 4 is 11.6 Å². The first kappa shape index (κ1) is 12.8. The Bertz CT molecular complexity index is 668. The lowest BCUT2D eigenvalue weighted by atomic mass is 10.1. The van der Waals surface area contributed by atoms with Gasteiger partial charge in [0.15, 0.2) is 5.82 Å². The molecule has 104 valence electrons. The van der Waals surface area contributed by atoms with Gasteiger partial charge in [-0.2, -0.15) is 4.98 Å². The summed E-state index contributed by atoms with van der Waals surface area (Å²) >= 11 is 0. The van der Waals surface area contributed by atoms with Crippen LogP contribution in [0.5, 0.6) is 0 Å². The zero-order valence-corrected chi connectivity index (χ0v) is 11.3. The highest BCUT2D eigenvalue weighted by Crippen LogP contribution is 2.32. The lowest BCUT2D eigenvalue weighted by Crippen LogP contribution is -2.25. The van der Waals surface area contributed by atoms with Crippen LogP contribution in [0.15, 0.2) is 22.7 Å². The van der Waals surface area contributed by atoms with Crippen LogP contribution >= 0.6 is 0 Å². The van der Waals surface area contributed by atoms with Gasteiger partial charge in [-0.3, -0.25) is 4.79 Å². The molecule has 1 saturated heterocycles. The number of carbonyl (C=O) groups excluding carboxylic acids is 1. The molecule has 1 fully saturated rings. The van der Waals surface area contributed by atoms with Gasteiger partial charge in [0.05, 0.1) is 11.6 Å². The minimum Gasteiger partial charge on any atom is -0.339 e. The highest BCUT2D eigenvalue weighted by molar-refractivity contribution is 5.96. The van der Waals surface area contributed by atoms with Crippen LogP contribution in [0, 0.1) is 19.7 Å². The third-order valence-electron chi connectivity index (χ3n) is 3.41. The lowest BCUT2D eigenvalue weighted by molar-refractivity contribution is -0.117. The number of rotatable bonds is 2. The van der Waals surface area contributed by atoms with Gasteiger partial charge in [0, 0.05) is 13.0 Å². The summed E-state index contributed by atoms with van der Waals surface area (Å²) in [7, 11) is 0. The van der Waals surface area contributed by atoms with E-state index in [1.807, 2.05) is 6.92 Å². The van der Waals surface area contributed by atoms with Crippen molar-refractivity contribution < 1.29 is 13.7 Å². The van der Waals surface area contributed by atoms with E-state index in [2.05, 4.69) is 10.1 Å². The van der Waals surface area contributed by atoms with Crippen molar-refractivity contribution in [3.05, 3.63) is 41.3 Å². The van der Waals surface area contributed by atoms with E-state index < -0.39 is 0 Å². The molecule has 1 unspecified atom stereocenters. The van der Waals surface area contributed by atoms with E-state index in [1.165, 1.54) is 11.0 Å². The summed E-state index contributed by atoms with van der Waals surface area (Å²) in [6, 6.07) is 4.84. The van der Waals surface area contributed by atoms with Gasteiger partial charge in [0.25, 0.3) is 0 Å². The number of carbonyl (C=O) groups is 1. The first-order valence-corrected chi connectivity index (χ1v) is 6.41. The summed E-state index contributed by atoms with van der Waals surface area (Å²) < 4.78 is 19.1. The van der Waals surface area contributed by atoms with Crippen LogP contribution in [0.3, 0.4) is 0 Å². The summed E-state index contributed by atoms with van der Waals surface area (Å²) in [6.07, 6.45) is 0.259. The minimum atomic E-state index is -0.388. The number of amides is 1. The normalized spacial score (nSPS) is 18.9. The lowest BCUT2D eigenvalue weighted by Gasteiger charge is -2.17. The standard InChI is InChI=1S/C14H14FN3O2/c1-8-3-4-12(11(15)5-8)18-7-10(6-13(18)19)14-16-9(2)17-20-14/h3-5,10H,6-7H2,1-2H3. The van der Waals surface area contributed by atoms with E-state index in [9.17, 15) is 9.18 Å². The molecular formula is C14H14FN3O2. The number of hydrogen-bond acceptors (Lipinski definition) is 4. The van der Waals surface area contributed by atoms with Crippen molar-refractivity contribution in [1.29, 1.82) is 0 Å². The average molecular weight is 275 g/mol. The fourth-order valence-corrected chi connectivity index (χ4v) is 2.42. The fourth-order valence-electron chi connectivity index (χ4n) is 2.42. The Labute approximate surface area is 115 Å². The number of anilines is 1. The Hall–Kier alpha value is -2.24. The highest BCUT2D eigenvalue weighted by Gasteiger charge is 2.35. The molecule has 3 rings (SSSR count). The predicted octanol–water partition coefficient (Wildman–Crippen LogP) is 2.35. The molecule has 1 aromatic carbocycles. The molecule has 1 aliphatic rings. The van der Waals surface area contributed by atoms with Crippen LogP contribution in [-0.2, 0) is 4.79 Å². The maximum atomic E-state index is 14.0. The SMILES string of the molecule is Cc1ccc(N2CC(c3nc(C)no3)CC2=O)c(F)c1. The van der Waals surface area contributed by atoms with Gasteiger partial charge in [0.2, 0.25) is 11.8 Å². The number of nitrogens with zero attached hydrogens (tertiary/aromatic N) is 3. The van der Waals surface area contributed by atoms with E-state index in [0.29, 0.717) is 23.9 Å². The molecule has 2 heterocycles. The smallest absolute Gasteiger partial charge is 0.232 e. The number of aryl methyl sites for hydroxylation is 2. The molecule has 0 N–H and O–H groups in total. The van der Waals surface area contributed by atoms with Gasteiger partial charge >= 0.3 is 0 Å². The van der Waals surface area contributed by atoms with Crippen molar-refractivity contribution in [3.8, 4) is 0 Å². The zero-order valence-electron chi connectivity index (χ0n) is 11.3. The number of halogens is 1. The van der Waals surface area contributed by atoms with Crippen molar-refractivity contribution in [3.63, 3.8) is 0 Å². The molecule has 1 amide bonds. The Kier molecular flexibility index (Phi) is 3.00. The third kappa shape index (κ3) is 2.17. The van der Waals surface area contributed by atoms with Crippen molar-refractivity contribution in [2.75, 3.05) is 11.4 Å². The maximum absolute atomic E-state index is 14.0. The second-order valence-corrected chi connectivity index (χ2v) is 5.04. The summed E-state index contributed by atoms with van der Waals surface area (Å²) in [5.41, 5.74) is 1.13. The number of benzene rings is 1. The van der Waals surface area contributed by atoms with E-state index in [0.717, 1.165) is 5.56 Å². The maximum Gasteiger partial charge on any atom is 0.232 e. The Balaban J connectivity index is 1.87. The average Bonchev–Trinajstić information content (AvgIpc) is 2.96. The largest absolute Gasteiger partial charge is 0.339 e. The molecule has 1 aromatic heterocycles. The van der Waals surface area contributed by atoms with Gasteiger partial charge in [-0.05, 0) is 31.5 Å². The van der Waals surface area contributed by atoms with Crippen LogP contribution in [0.1, 0.15) is 29.6 Å². The van der Waals surface area contributed by atoms with E-state index in [4.69, 9.17) is 4.52 Å². The van der Waals surface area contributed by atoms with Crippen molar-refractivity contribution in [2.45, 2.75) is 26.2 Å². The van der Waals surface area contributed by atoms with Crippen LogP contribution in [0.25, 0.3) is 0 Å². The van der Waals surface area contributed by atoms with Crippen molar-refractivity contribution in [1.82, 2.24) is 10.1 Å². The Morgan fingerprint density at radius 3 is 2.85 bits per heavy atom. The predicted molar refractivity (Wildman–Crippen MR) is 69.9 cm³/mol. The van der Waals surface area contributed by atoms with E-state index in [-0.39, 0.29) is 24.1 Å². The monoisotopic (exact) mass is 275 g/mol. The van der Waals surface area contributed by atoms with Crippen LogP contribution in [-0.4, -0.2) is 22.6 Å². The molecule has 0 spiro atoms. The summed E-state index contributed by atoms with van der Waals surface area (Å²) in [5.74, 6) is 0.275. The molecule has 2 aromatic rings. The summed E-state index contributed by atoms with van der Waals surface area (Å²) in [4.78, 5) is 17.7. The molecule has 6 heteroatoms. The summed E-state index contributed by atoms with van der Waals surface area (Å²) in [6.45, 7) is 3.89. The molecule has 0 saturated carbocycles. The first-order chi connectivity index (χ1) is 9.54. The van der Waals surface area contributed by atoms with Gasteiger partial charge in [-0.25, -0.2) is 4.39 Å². The minimum absolute atomic E-state index is 0.131. The number of hydrogen-bond donors (Lipinski definition) is 0. The van der Waals surface area contributed by atoms with E-state index in [1.54, 1.807) is 19.1 Å². The molecule has 0 radical (unpaired) electrons. The highest BCUT2D eigenvalue weighted by atomic mass is 19.1. The Morgan fingerprint density at radius 1 is 1.40 bits per heavy atom. The van der Waals surface area contributed by atoms with Gasteiger partial charge in [0.1, 0.15) is 5.82 Å². The van der Waals surface area contributed by atoms with E-state index >= 15 is 0 Å². The van der Waals surface area contributed by atoms with Gasteiger partial charge in [-0.1, -0.05) is 11.2 Å². The molecule has 20 heavy (non-hydrogen) atoms. The second-order valence-electron chi connectivity index (χ2n) is 5.04. The zero-order chi connectivity index (χ0) is 14.3. The molecule has 0 bridgehead atoms. The molecule has 5 nitrogen and oxygen atoms in total. The van der Waals surface area contributed by atoms with Crippen LogP contribution < -0.4 is 4.90 Å². The molecular weight excluding hydrogens is 261 g/mol. The first-order valence-electron chi connectivity index (χ1n) is 6.41. The molecule has 0 aliphatic carbocycles. The van der Waals surface area contributed by atoms with Crippen LogP contribution in [0.4, 0.5) is 10.1 Å². The van der Waals surface area contributed by atoms with Gasteiger partial charge < -0.3 is 9.42 Å². The quantitative estimate of drug-likeness (QED) is 0.844. The molecule has 1 aliphatic heterocycles. The fraction of sp³-hybridized carbons (Fsp3) is 0.357. The topological polar surface area (TPSA) is 59.2 Å². The summed E-state index contributed by atoms with van der Waals surface area (Å²) in [5, 5.41) is 3.72. The Morgan fingerprint density at radius 2 is 2.20 bits per heavy atom. The van der Waals surface area contributed by atoms with Gasteiger partial charge in [-0.15, -0.1) is 0 Å². The molecule has 1 atom stereocenters. The second kappa shape index (κ2) is 4.70. The van der Waals surface area contributed by atoms with Crippen molar-refractivity contribution in [2.24, 2.45) is 0 Å². The van der Waals surface area contributed by atoms with Crippen LogP contribution in [0.2, 0.25) is 0 Å². The third-order valence-corrected chi connectivity index (χ3v) is 3.41.